The Balaban J connectivity index is 1.60. The van der Waals surface area contributed by atoms with Crippen molar-refractivity contribution < 1.29 is 31.5 Å². The third kappa shape index (κ3) is 6.15. The number of carbonyl (C=O) groups is 1. The van der Waals surface area contributed by atoms with Crippen LogP contribution in [0.25, 0.3) is 0 Å². The lowest BCUT2D eigenvalue weighted by molar-refractivity contribution is -0.274. The van der Waals surface area contributed by atoms with Crippen molar-refractivity contribution in [3.8, 4) is 5.75 Å². The standard InChI is InChI=1S/C21H24F3N3O4S/c1-32(29,30,19-6-4-18(5-7-19)31-21(22,23)24)27-11-8-16(9-12-27)13-20(28)26-15-17-3-2-10-25-14-17/h2-7,10,13-14H,8-9,11-12,15H2,1H3,(H,26,28)(H,29,30). The molecule has 174 valence electrons. The molecule has 1 amide bonds. The van der Waals surface area contributed by atoms with Crippen molar-refractivity contribution in [3.05, 3.63) is 66.0 Å². The quantitative estimate of drug-likeness (QED) is 0.629. The van der Waals surface area contributed by atoms with Crippen LogP contribution in [-0.4, -0.2) is 49.7 Å². The fourth-order valence-corrected chi connectivity index (χ4v) is 5.48. The number of halogens is 3. The predicted molar refractivity (Wildman–Crippen MR) is 113 cm³/mol. The van der Waals surface area contributed by atoms with E-state index >= 15 is 0 Å². The minimum absolute atomic E-state index is 0.00170. The average molecular weight is 472 g/mol. The summed E-state index contributed by atoms with van der Waals surface area (Å²) in [5.41, 5.74) is 1.72. The van der Waals surface area contributed by atoms with Crippen molar-refractivity contribution in [2.45, 2.75) is 30.6 Å². The molecular formula is C21H24F3N3O4S. The summed E-state index contributed by atoms with van der Waals surface area (Å²) in [6.07, 6.45) is 1.97. The van der Waals surface area contributed by atoms with E-state index in [0.29, 0.717) is 19.4 Å². The van der Waals surface area contributed by atoms with Gasteiger partial charge in [0.15, 0.2) is 0 Å². The van der Waals surface area contributed by atoms with Crippen molar-refractivity contribution in [2.24, 2.45) is 0 Å². The van der Waals surface area contributed by atoms with Crippen LogP contribution in [0.15, 0.2) is 65.3 Å². The van der Waals surface area contributed by atoms with Gasteiger partial charge in [-0.05, 0) is 48.7 Å². The number of hydrogen-bond donors (Lipinski definition) is 2. The molecule has 0 radical (unpaired) electrons. The van der Waals surface area contributed by atoms with E-state index in [1.807, 2.05) is 6.07 Å². The molecule has 0 spiro atoms. The zero-order valence-corrected chi connectivity index (χ0v) is 18.2. The van der Waals surface area contributed by atoms with Gasteiger partial charge in [-0.25, -0.2) is 4.31 Å². The smallest absolute Gasteiger partial charge is 0.406 e. The molecule has 0 saturated carbocycles. The summed E-state index contributed by atoms with van der Waals surface area (Å²) in [7, 11) is -4.48. The first kappa shape index (κ1) is 23.9. The molecular weight excluding hydrogens is 447 g/mol. The molecule has 1 aromatic heterocycles. The first-order valence-corrected chi connectivity index (χ1v) is 12.1. The Hall–Kier alpha value is -2.76. The van der Waals surface area contributed by atoms with E-state index in [4.69, 9.17) is 0 Å². The zero-order valence-electron chi connectivity index (χ0n) is 17.3. The van der Waals surface area contributed by atoms with Gasteiger partial charge in [-0.1, -0.05) is 11.6 Å². The number of aromatic nitrogens is 1. The Bertz CT molecular complexity index is 1040. The van der Waals surface area contributed by atoms with Gasteiger partial charge >= 0.3 is 6.36 Å². The molecule has 0 aliphatic carbocycles. The summed E-state index contributed by atoms with van der Waals surface area (Å²) in [6, 6.07) is 7.97. The van der Waals surface area contributed by atoms with Crippen LogP contribution >= 0.6 is 0 Å². The molecule has 2 heterocycles. The third-order valence-electron chi connectivity index (χ3n) is 5.10. The van der Waals surface area contributed by atoms with Crippen LogP contribution in [-0.2, 0) is 20.9 Å². The number of alkyl halides is 3. The van der Waals surface area contributed by atoms with E-state index in [0.717, 1.165) is 35.4 Å². The van der Waals surface area contributed by atoms with Crippen molar-refractivity contribution in [2.75, 3.05) is 19.3 Å². The Kier molecular flexibility index (Phi) is 6.72. The van der Waals surface area contributed by atoms with Gasteiger partial charge in [-0.3, -0.25) is 14.3 Å². The highest BCUT2D eigenvalue weighted by atomic mass is 32.3. The monoisotopic (exact) mass is 471 g/mol. The maximum absolute atomic E-state index is 13.4. The topological polar surface area (TPSA) is 91.8 Å². The van der Waals surface area contributed by atoms with E-state index in [2.05, 4.69) is 15.0 Å². The molecule has 0 bridgehead atoms. The first-order valence-electron chi connectivity index (χ1n) is 9.78. The fourth-order valence-electron chi connectivity index (χ4n) is 3.38. The van der Waals surface area contributed by atoms with E-state index in [-0.39, 0.29) is 23.9 Å². The molecule has 1 aliphatic rings. The highest BCUT2D eigenvalue weighted by Gasteiger charge is 2.35. The molecule has 11 heteroatoms. The molecule has 2 aromatic rings. The lowest BCUT2D eigenvalue weighted by Crippen LogP contribution is -2.52. The van der Waals surface area contributed by atoms with E-state index in [1.165, 1.54) is 16.6 Å². The molecule has 7 nitrogen and oxygen atoms in total. The van der Waals surface area contributed by atoms with E-state index in [1.54, 1.807) is 18.5 Å². The maximum atomic E-state index is 13.4. The van der Waals surface area contributed by atoms with Crippen LogP contribution in [0.5, 0.6) is 5.75 Å². The minimum Gasteiger partial charge on any atom is -0.406 e. The number of ether oxygens (including phenoxy) is 1. The Morgan fingerprint density at radius 1 is 1.25 bits per heavy atom. The summed E-state index contributed by atoms with van der Waals surface area (Å²) >= 11 is 0. The number of rotatable bonds is 6. The van der Waals surface area contributed by atoms with Gasteiger partial charge in [0.1, 0.15) is 5.75 Å². The zero-order chi connectivity index (χ0) is 23.4. The first-order chi connectivity index (χ1) is 14.9. The Morgan fingerprint density at radius 2 is 1.91 bits per heavy atom. The average Bonchev–Trinajstić information content (AvgIpc) is 2.72. The van der Waals surface area contributed by atoms with Crippen LogP contribution in [0.3, 0.4) is 0 Å². The fraction of sp³-hybridized carbons (Fsp3) is 0.333. The van der Waals surface area contributed by atoms with Gasteiger partial charge in [-0.15, -0.1) is 22.7 Å². The SMILES string of the molecule is CS(=O)(O)(c1ccc(OC(F)(F)F)cc1)N1CCC(=CC(=O)NCc2cccnc2)CC1. The highest BCUT2D eigenvalue weighted by Crippen LogP contribution is 2.37. The number of nitrogens with one attached hydrogen (secondary N) is 1. The predicted octanol–water partition coefficient (Wildman–Crippen LogP) is 3.52. The van der Waals surface area contributed by atoms with Gasteiger partial charge in [0.25, 0.3) is 0 Å². The lowest BCUT2D eigenvalue weighted by Gasteiger charge is -2.50. The molecule has 3 rings (SSSR count). The van der Waals surface area contributed by atoms with E-state index < -0.39 is 21.6 Å². The summed E-state index contributed by atoms with van der Waals surface area (Å²) in [5.74, 6) is -0.721. The van der Waals surface area contributed by atoms with Crippen LogP contribution < -0.4 is 10.1 Å². The van der Waals surface area contributed by atoms with Crippen molar-refractivity contribution in [1.29, 1.82) is 0 Å². The number of pyridine rings is 1. The summed E-state index contributed by atoms with van der Waals surface area (Å²) in [5, 5.41) is 2.78. The van der Waals surface area contributed by atoms with Gasteiger partial charge in [0.05, 0.1) is 4.90 Å². The molecule has 2 N–H and O–H groups in total. The molecule has 32 heavy (non-hydrogen) atoms. The molecule has 1 aliphatic heterocycles. The van der Waals surface area contributed by atoms with Crippen molar-refractivity contribution >= 4 is 15.4 Å². The number of piperidine rings is 1. The molecule has 1 saturated heterocycles. The Morgan fingerprint density at radius 3 is 2.47 bits per heavy atom. The normalized spacial score (nSPS) is 16.7. The minimum atomic E-state index is -4.84. The van der Waals surface area contributed by atoms with Crippen LogP contribution in [0.2, 0.25) is 0 Å². The van der Waals surface area contributed by atoms with Crippen LogP contribution in [0.4, 0.5) is 13.2 Å². The van der Waals surface area contributed by atoms with Gasteiger partial charge in [-0.2, -0.15) is 4.21 Å². The molecule has 1 aromatic carbocycles. The lowest BCUT2D eigenvalue weighted by atomic mass is 10.1. The highest BCUT2D eigenvalue weighted by molar-refractivity contribution is 8.12. The number of benzene rings is 1. The van der Waals surface area contributed by atoms with Gasteiger partial charge in [0, 0.05) is 44.4 Å². The van der Waals surface area contributed by atoms with Gasteiger partial charge in [0.2, 0.25) is 5.91 Å². The number of amides is 1. The summed E-state index contributed by atoms with van der Waals surface area (Å²) < 4.78 is 66.6. The second-order valence-electron chi connectivity index (χ2n) is 7.56. The summed E-state index contributed by atoms with van der Waals surface area (Å²) in [4.78, 5) is 16.1. The van der Waals surface area contributed by atoms with Crippen molar-refractivity contribution in [3.63, 3.8) is 0 Å². The number of carbonyl (C=O) groups excluding carboxylic acids is 1. The third-order valence-corrected chi connectivity index (χ3v) is 8.04. The van der Waals surface area contributed by atoms with Gasteiger partial charge < -0.3 is 10.1 Å². The number of nitrogens with zero attached hydrogens (tertiary/aromatic N) is 2. The molecule has 0 atom stereocenters. The van der Waals surface area contributed by atoms with Crippen LogP contribution in [0, 0.1) is 0 Å². The second kappa shape index (κ2) is 9.00. The van der Waals surface area contributed by atoms with Crippen molar-refractivity contribution in [1.82, 2.24) is 14.6 Å². The second-order valence-corrected chi connectivity index (χ2v) is 11.0. The Labute approximate surface area is 183 Å². The molecule has 1 fully saturated rings. The maximum Gasteiger partial charge on any atom is 0.573 e. The molecule has 0 unspecified atom stereocenters. The van der Waals surface area contributed by atoms with Crippen LogP contribution in [0.1, 0.15) is 18.4 Å². The van der Waals surface area contributed by atoms with E-state index in [9.17, 15) is 26.7 Å². The summed E-state index contributed by atoms with van der Waals surface area (Å²) in [6.45, 7) is 0.792. The number of hydrogen-bond acceptors (Lipinski definition) is 4. The largest absolute Gasteiger partial charge is 0.573 e.